The Hall–Kier alpha value is -1.97. The van der Waals surface area contributed by atoms with Crippen molar-refractivity contribution in [3.63, 3.8) is 0 Å². The molecule has 9 heteroatoms. The quantitative estimate of drug-likeness (QED) is 0.659. The van der Waals surface area contributed by atoms with Crippen molar-refractivity contribution in [3.8, 4) is 0 Å². The number of hydrogen-bond donors (Lipinski definition) is 3. The molecule has 1 aromatic carbocycles. The highest BCUT2D eigenvalue weighted by molar-refractivity contribution is 7.89. The molecule has 1 atom stereocenters. The molecule has 0 spiro atoms. The van der Waals surface area contributed by atoms with Crippen LogP contribution in [0.3, 0.4) is 0 Å². The lowest BCUT2D eigenvalue weighted by atomic mass is 10.2. The van der Waals surface area contributed by atoms with Crippen LogP contribution in [0.2, 0.25) is 0 Å². The number of hydroxylamine groups is 1. The summed E-state index contributed by atoms with van der Waals surface area (Å²) >= 11 is 0. The molecular weight excluding hydrogens is 276 g/mol. The molecule has 8 nitrogen and oxygen atoms in total. The van der Waals surface area contributed by atoms with Crippen molar-refractivity contribution >= 4 is 21.9 Å². The third-order valence-electron chi connectivity index (χ3n) is 2.44. The summed E-state index contributed by atoms with van der Waals surface area (Å²) in [6.07, 6.45) is 0. The van der Waals surface area contributed by atoms with Crippen LogP contribution in [0, 0.1) is 0 Å². The number of amides is 1. The number of sulfonamides is 1. The molecule has 0 aliphatic carbocycles. The van der Waals surface area contributed by atoms with E-state index in [0.717, 1.165) is 6.07 Å². The van der Waals surface area contributed by atoms with E-state index in [9.17, 15) is 18.0 Å². The fourth-order valence-corrected chi connectivity index (χ4v) is 2.94. The average Bonchev–Trinajstić information content (AvgIpc) is 2.74. The van der Waals surface area contributed by atoms with Gasteiger partial charge in [-0.15, -0.1) is 0 Å². The molecule has 1 aromatic rings. The summed E-state index contributed by atoms with van der Waals surface area (Å²) in [5, 5.41) is 8.95. The summed E-state index contributed by atoms with van der Waals surface area (Å²) < 4.78 is 26.2. The molecule has 0 aromatic heterocycles. The van der Waals surface area contributed by atoms with Crippen molar-refractivity contribution in [3.05, 3.63) is 29.8 Å². The second kappa shape index (κ2) is 4.96. The van der Waals surface area contributed by atoms with Gasteiger partial charge in [0.25, 0.3) is 5.91 Å². The van der Waals surface area contributed by atoms with E-state index in [1.54, 1.807) is 0 Å². The average molecular weight is 286 g/mol. The number of nitrogens with one attached hydrogen (secondary N) is 2. The number of carboxylic acids is 1. The molecule has 1 aliphatic heterocycles. The van der Waals surface area contributed by atoms with E-state index in [1.807, 2.05) is 5.48 Å². The van der Waals surface area contributed by atoms with Crippen LogP contribution >= 0.6 is 0 Å². The maximum absolute atomic E-state index is 12.0. The van der Waals surface area contributed by atoms with E-state index >= 15 is 0 Å². The minimum Gasteiger partial charge on any atom is -0.478 e. The van der Waals surface area contributed by atoms with E-state index in [-0.39, 0.29) is 12.2 Å². The maximum Gasteiger partial charge on any atom is 0.337 e. The molecule has 0 radical (unpaired) electrons. The van der Waals surface area contributed by atoms with Gasteiger partial charge in [-0.25, -0.2) is 18.7 Å². The molecule has 1 heterocycles. The number of hydrogen-bond acceptors (Lipinski definition) is 5. The van der Waals surface area contributed by atoms with Crippen LogP contribution in [0.25, 0.3) is 0 Å². The fraction of sp³-hybridized carbons (Fsp3) is 0.200. The zero-order valence-electron chi connectivity index (χ0n) is 9.49. The molecule has 1 saturated heterocycles. The van der Waals surface area contributed by atoms with Crippen molar-refractivity contribution in [2.24, 2.45) is 0 Å². The van der Waals surface area contributed by atoms with E-state index in [4.69, 9.17) is 5.11 Å². The van der Waals surface area contributed by atoms with Gasteiger partial charge in [-0.05, 0) is 12.1 Å². The second-order valence-electron chi connectivity index (χ2n) is 3.75. The predicted octanol–water partition coefficient (Wildman–Crippen LogP) is -0.907. The van der Waals surface area contributed by atoms with E-state index in [2.05, 4.69) is 9.56 Å². The number of benzene rings is 1. The van der Waals surface area contributed by atoms with Crippen molar-refractivity contribution in [2.45, 2.75) is 10.9 Å². The van der Waals surface area contributed by atoms with Gasteiger partial charge in [0.05, 0.1) is 10.5 Å². The molecule has 1 aliphatic rings. The van der Waals surface area contributed by atoms with E-state index in [0.29, 0.717) is 0 Å². The first-order valence-electron chi connectivity index (χ1n) is 5.18. The summed E-state index contributed by atoms with van der Waals surface area (Å²) in [6.45, 7) is -0.159. The summed E-state index contributed by atoms with van der Waals surface area (Å²) in [7, 11) is -4.12. The zero-order chi connectivity index (χ0) is 14.0. The fourth-order valence-electron chi connectivity index (χ4n) is 1.56. The van der Waals surface area contributed by atoms with Crippen LogP contribution in [-0.4, -0.2) is 38.0 Å². The monoisotopic (exact) mass is 286 g/mol. The normalized spacial score (nSPS) is 19.2. The van der Waals surface area contributed by atoms with Gasteiger partial charge in [0.1, 0.15) is 12.6 Å². The first kappa shape index (κ1) is 13.5. The Bertz CT molecular complexity index is 627. The highest BCUT2D eigenvalue weighted by Crippen LogP contribution is 2.16. The zero-order valence-corrected chi connectivity index (χ0v) is 10.3. The largest absolute Gasteiger partial charge is 0.478 e. The van der Waals surface area contributed by atoms with Gasteiger partial charge in [-0.1, -0.05) is 12.1 Å². The summed E-state index contributed by atoms with van der Waals surface area (Å²) in [5.74, 6) is -2.00. The molecule has 0 bridgehead atoms. The first-order valence-corrected chi connectivity index (χ1v) is 6.66. The number of aromatic carboxylic acids is 1. The number of carboxylic acid groups (broad SMARTS) is 1. The predicted molar refractivity (Wildman–Crippen MR) is 61.6 cm³/mol. The van der Waals surface area contributed by atoms with Gasteiger partial charge in [0.2, 0.25) is 10.0 Å². The minimum atomic E-state index is -4.12. The van der Waals surface area contributed by atoms with Crippen molar-refractivity contribution in [2.75, 3.05) is 6.61 Å². The van der Waals surface area contributed by atoms with Gasteiger partial charge in [0, 0.05) is 0 Å². The lowest BCUT2D eigenvalue weighted by Gasteiger charge is -2.11. The lowest BCUT2D eigenvalue weighted by Crippen LogP contribution is -2.41. The Kier molecular flexibility index (Phi) is 3.51. The van der Waals surface area contributed by atoms with Gasteiger partial charge in [0.15, 0.2) is 0 Å². The Morgan fingerprint density at radius 1 is 1.42 bits per heavy atom. The Labute approximate surface area is 108 Å². The molecule has 19 heavy (non-hydrogen) atoms. The maximum atomic E-state index is 12.0. The van der Waals surface area contributed by atoms with Crippen LogP contribution < -0.4 is 10.2 Å². The van der Waals surface area contributed by atoms with Crippen LogP contribution in [0.15, 0.2) is 29.2 Å². The molecule has 1 fully saturated rings. The van der Waals surface area contributed by atoms with Gasteiger partial charge in [-0.3, -0.25) is 9.63 Å². The van der Waals surface area contributed by atoms with Crippen LogP contribution in [0.1, 0.15) is 10.4 Å². The molecule has 1 amide bonds. The topological polar surface area (TPSA) is 122 Å². The molecule has 2 rings (SSSR count). The SMILES string of the molecule is O=C(O)c1ccccc1S(=O)(=O)N[C@@H]1CONC1=O. The minimum absolute atomic E-state index is 0.159. The number of carbonyl (C=O) groups excluding carboxylic acids is 1. The van der Waals surface area contributed by atoms with Crippen LogP contribution in [-0.2, 0) is 19.7 Å². The van der Waals surface area contributed by atoms with Gasteiger partial charge < -0.3 is 5.11 Å². The third kappa shape index (κ3) is 2.72. The molecule has 102 valence electrons. The third-order valence-corrected chi connectivity index (χ3v) is 3.97. The smallest absolute Gasteiger partial charge is 0.337 e. The van der Waals surface area contributed by atoms with Crippen molar-refractivity contribution in [1.82, 2.24) is 10.2 Å². The summed E-state index contributed by atoms with van der Waals surface area (Å²) in [5.41, 5.74) is 1.63. The van der Waals surface area contributed by atoms with Crippen LogP contribution in [0.5, 0.6) is 0 Å². The van der Waals surface area contributed by atoms with E-state index < -0.39 is 32.8 Å². The number of carbonyl (C=O) groups is 2. The van der Waals surface area contributed by atoms with Crippen LogP contribution in [0.4, 0.5) is 0 Å². The molecule has 0 unspecified atom stereocenters. The van der Waals surface area contributed by atoms with Gasteiger partial charge in [-0.2, -0.15) is 4.72 Å². The van der Waals surface area contributed by atoms with Crippen molar-refractivity contribution in [1.29, 1.82) is 0 Å². The molecular formula is C10H10N2O6S. The standard InChI is InChI=1S/C10H10N2O6S/c13-9-7(5-18-11-9)12-19(16,17)8-4-2-1-3-6(8)10(14)15/h1-4,7,12H,5H2,(H,11,13)(H,14,15)/t7-/m1/s1. The Morgan fingerprint density at radius 3 is 2.68 bits per heavy atom. The highest BCUT2D eigenvalue weighted by atomic mass is 32.2. The highest BCUT2D eigenvalue weighted by Gasteiger charge is 2.32. The summed E-state index contributed by atoms with van der Waals surface area (Å²) in [4.78, 5) is 26.4. The Morgan fingerprint density at radius 2 is 2.11 bits per heavy atom. The van der Waals surface area contributed by atoms with Gasteiger partial charge >= 0.3 is 5.97 Å². The number of rotatable bonds is 4. The first-order chi connectivity index (χ1) is 8.92. The Balaban J connectivity index is 2.34. The summed E-state index contributed by atoms with van der Waals surface area (Å²) in [6, 6.07) is 4.05. The lowest BCUT2D eigenvalue weighted by molar-refractivity contribution is -0.124. The molecule has 3 N–H and O–H groups in total. The van der Waals surface area contributed by atoms with Crippen molar-refractivity contribution < 1.29 is 28.0 Å². The van der Waals surface area contributed by atoms with E-state index in [1.165, 1.54) is 18.2 Å². The second-order valence-corrected chi connectivity index (χ2v) is 5.43. The molecule has 0 saturated carbocycles.